The number of methoxy groups -OCH3 is 1. The molecule has 1 amide bonds. The van der Waals surface area contributed by atoms with Crippen molar-refractivity contribution in [3.63, 3.8) is 0 Å². The van der Waals surface area contributed by atoms with Crippen molar-refractivity contribution in [1.29, 1.82) is 0 Å². The van der Waals surface area contributed by atoms with Gasteiger partial charge in [-0.25, -0.2) is 0 Å². The van der Waals surface area contributed by atoms with Gasteiger partial charge in [0.05, 0.1) is 12.8 Å². The summed E-state index contributed by atoms with van der Waals surface area (Å²) in [5.74, 6) is 1.62. The molecule has 2 atom stereocenters. The summed E-state index contributed by atoms with van der Waals surface area (Å²) in [7, 11) is 1.68. The number of aromatic nitrogens is 4. The van der Waals surface area contributed by atoms with Crippen molar-refractivity contribution >= 4 is 23.4 Å². The quantitative estimate of drug-likeness (QED) is 0.485. The Balaban J connectivity index is 1.16. The van der Waals surface area contributed by atoms with Gasteiger partial charge < -0.3 is 15.0 Å². The first-order valence-electron chi connectivity index (χ1n) is 11.3. The molecular formula is C23H28N8O2S. The molecule has 2 aliphatic rings. The van der Waals surface area contributed by atoms with Crippen molar-refractivity contribution in [3.8, 4) is 11.4 Å². The number of rotatable bonds is 7. The van der Waals surface area contributed by atoms with Crippen molar-refractivity contribution in [3.05, 3.63) is 54.6 Å². The fourth-order valence-corrected chi connectivity index (χ4v) is 5.19. The number of tetrazole rings is 1. The highest BCUT2D eigenvalue weighted by molar-refractivity contribution is 7.99. The number of piperazine rings is 1. The highest BCUT2D eigenvalue weighted by Crippen LogP contribution is 2.23. The number of thioether (sulfide) groups is 1. The molecule has 2 aliphatic heterocycles. The minimum absolute atomic E-state index is 0.0318. The molecule has 10 nitrogen and oxygen atoms in total. The Kier molecular flexibility index (Phi) is 6.93. The van der Waals surface area contributed by atoms with Crippen molar-refractivity contribution in [2.75, 3.05) is 43.9 Å². The maximum absolute atomic E-state index is 12.5. The summed E-state index contributed by atoms with van der Waals surface area (Å²) in [6.45, 7) is 3.50. The lowest BCUT2D eigenvalue weighted by molar-refractivity contribution is -0.126. The predicted molar refractivity (Wildman–Crippen MR) is 130 cm³/mol. The molecule has 2 aromatic carbocycles. The van der Waals surface area contributed by atoms with E-state index in [-0.39, 0.29) is 18.2 Å². The van der Waals surface area contributed by atoms with E-state index in [2.05, 4.69) is 48.1 Å². The van der Waals surface area contributed by atoms with Crippen LogP contribution in [0.1, 0.15) is 6.42 Å². The molecule has 2 fully saturated rings. The number of carbonyl (C=O) groups is 1. The normalized spacial score (nSPS) is 21.3. The molecule has 0 aliphatic carbocycles. The summed E-state index contributed by atoms with van der Waals surface area (Å²) in [5, 5.41) is 19.5. The molecule has 178 valence electrons. The second-order valence-corrected chi connectivity index (χ2v) is 9.27. The zero-order valence-corrected chi connectivity index (χ0v) is 19.8. The number of ether oxygens (including phenoxy) is 1. The Morgan fingerprint density at radius 3 is 2.53 bits per heavy atom. The first-order chi connectivity index (χ1) is 16.7. The van der Waals surface area contributed by atoms with Crippen LogP contribution in [0.15, 0.2) is 59.8 Å². The first-order valence-corrected chi connectivity index (χ1v) is 12.3. The molecule has 2 unspecified atom stereocenters. The van der Waals surface area contributed by atoms with Crippen LogP contribution in [-0.2, 0) is 4.79 Å². The number of carbonyl (C=O) groups excluding carboxylic acids is 1. The van der Waals surface area contributed by atoms with Crippen molar-refractivity contribution in [2.45, 2.75) is 23.9 Å². The lowest BCUT2D eigenvalue weighted by Crippen LogP contribution is -2.67. The molecule has 1 aromatic heterocycles. The zero-order valence-electron chi connectivity index (χ0n) is 19.0. The van der Waals surface area contributed by atoms with E-state index in [0.29, 0.717) is 17.3 Å². The average molecular weight is 481 g/mol. The number of amides is 1. The lowest BCUT2D eigenvalue weighted by atomic mass is 10.1. The maximum Gasteiger partial charge on any atom is 0.223 e. The third-order valence-electron chi connectivity index (χ3n) is 6.10. The number of benzene rings is 2. The Morgan fingerprint density at radius 2 is 1.79 bits per heavy atom. The summed E-state index contributed by atoms with van der Waals surface area (Å²) >= 11 is 1.55. The molecule has 2 saturated heterocycles. The number of anilines is 1. The largest absolute Gasteiger partial charge is 0.497 e. The number of nitrogens with one attached hydrogen (secondary N) is 2. The van der Waals surface area contributed by atoms with E-state index >= 15 is 0 Å². The fourth-order valence-electron chi connectivity index (χ4n) is 4.27. The Morgan fingerprint density at radius 1 is 1.03 bits per heavy atom. The molecule has 5 rings (SSSR count). The SMILES string of the molecule is COc1ccc(N2CCN(C3NC(=O)CC(CSc4nnnn4-c4ccccc4)N3)CC2)cc1. The first kappa shape index (κ1) is 22.6. The second-order valence-electron chi connectivity index (χ2n) is 8.28. The van der Waals surface area contributed by atoms with Gasteiger partial charge in [-0.05, 0) is 46.8 Å². The van der Waals surface area contributed by atoms with Crippen LogP contribution < -0.4 is 20.3 Å². The van der Waals surface area contributed by atoms with Crippen molar-refractivity contribution in [1.82, 2.24) is 35.7 Å². The number of hydrogen-bond donors (Lipinski definition) is 2. The van der Waals surface area contributed by atoms with Gasteiger partial charge in [0.1, 0.15) is 12.0 Å². The van der Waals surface area contributed by atoms with Gasteiger partial charge >= 0.3 is 0 Å². The Labute approximate surface area is 202 Å². The van der Waals surface area contributed by atoms with E-state index in [0.717, 1.165) is 37.6 Å². The summed E-state index contributed by atoms with van der Waals surface area (Å²) in [6, 6.07) is 18.0. The summed E-state index contributed by atoms with van der Waals surface area (Å²) < 4.78 is 6.98. The summed E-state index contributed by atoms with van der Waals surface area (Å²) in [5.41, 5.74) is 2.10. The maximum atomic E-state index is 12.5. The van der Waals surface area contributed by atoms with Gasteiger partial charge in [0.25, 0.3) is 0 Å². The molecule has 0 spiro atoms. The molecular weight excluding hydrogens is 452 g/mol. The third-order valence-corrected chi connectivity index (χ3v) is 7.18. The molecule has 3 heterocycles. The molecule has 0 bridgehead atoms. The van der Waals surface area contributed by atoms with E-state index in [1.54, 1.807) is 23.6 Å². The van der Waals surface area contributed by atoms with E-state index in [1.807, 2.05) is 42.5 Å². The summed E-state index contributed by atoms with van der Waals surface area (Å²) in [6.07, 6.45) is 0.261. The smallest absolute Gasteiger partial charge is 0.223 e. The van der Waals surface area contributed by atoms with E-state index < -0.39 is 0 Å². The van der Waals surface area contributed by atoms with E-state index in [9.17, 15) is 4.79 Å². The highest BCUT2D eigenvalue weighted by atomic mass is 32.2. The topological polar surface area (TPSA) is 100 Å². The van der Waals surface area contributed by atoms with Crippen molar-refractivity contribution < 1.29 is 9.53 Å². The van der Waals surface area contributed by atoms with Crippen LogP contribution in [0.4, 0.5) is 5.69 Å². The number of para-hydroxylation sites is 1. The Bertz CT molecular complexity index is 1090. The standard InChI is InChI=1S/C23H28N8O2S/c1-33-20-9-7-18(8-10-20)29-11-13-30(14-12-29)22-24-17(15-21(32)25-22)16-34-23-26-27-28-31(23)19-5-3-2-4-6-19/h2-10,17,22,24H,11-16H2,1H3,(H,25,32). The predicted octanol–water partition coefficient (Wildman–Crippen LogP) is 1.35. The lowest BCUT2D eigenvalue weighted by Gasteiger charge is -2.43. The van der Waals surface area contributed by atoms with Crippen LogP contribution in [-0.4, -0.2) is 82.4 Å². The number of hydrogen-bond acceptors (Lipinski definition) is 9. The highest BCUT2D eigenvalue weighted by Gasteiger charge is 2.32. The zero-order chi connectivity index (χ0) is 23.3. The monoisotopic (exact) mass is 480 g/mol. The average Bonchev–Trinajstić information content (AvgIpc) is 3.37. The third kappa shape index (κ3) is 5.16. The summed E-state index contributed by atoms with van der Waals surface area (Å²) in [4.78, 5) is 17.1. The van der Waals surface area contributed by atoms with Crippen LogP contribution in [0.2, 0.25) is 0 Å². The second kappa shape index (κ2) is 10.4. The minimum atomic E-state index is -0.171. The molecule has 3 aromatic rings. The van der Waals surface area contributed by atoms with Crippen molar-refractivity contribution in [2.24, 2.45) is 0 Å². The minimum Gasteiger partial charge on any atom is -0.497 e. The van der Waals surface area contributed by atoms with E-state index in [4.69, 9.17) is 4.74 Å². The van der Waals surface area contributed by atoms with Gasteiger partial charge in [-0.15, -0.1) is 5.10 Å². The van der Waals surface area contributed by atoms with Crippen LogP contribution in [0, 0.1) is 0 Å². The number of nitrogens with zero attached hydrogens (tertiary/aromatic N) is 6. The van der Waals surface area contributed by atoms with Gasteiger partial charge in [-0.1, -0.05) is 30.0 Å². The van der Waals surface area contributed by atoms with Gasteiger partial charge in [0.2, 0.25) is 11.1 Å². The van der Waals surface area contributed by atoms with Gasteiger partial charge in [0, 0.05) is 50.1 Å². The Hall–Kier alpha value is -3.15. The van der Waals surface area contributed by atoms with Gasteiger partial charge in [-0.2, -0.15) is 4.68 Å². The fraction of sp³-hybridized carbons (Fsp3) is 0.391. The van der Waals surface area contributed by atoms with Gasteiger partial charge in [0.15, 0.2) is 0 Å². The van der Waals surface area contributed by atoms with Crippen LogP contribution in [0.3, 0.4) is 0 Å². The van der Waals surface area contributed by atoms with Gasteiger partial charge in [-0.3, -0.25) is 15.0 Å². The molecule has 34 heavy (non-hydrogen) atoms. The van der Waals surface area contributed by atoms with Crippen LogP contribution >= 0.6 is 11.8 Å². The molecule has 0 radical (unpaired) electrons. The van der Waals surface area contributed by atoms with Crippen LogP contribution in [0.5, 0.6) is 5.75 Å². The van der Waals surface area contributed by atoms with Crippen LogP contribution in [0.25, 0.3) is 5.69 Å². The molecule has 11 heteroatoms. The molecule has 0 saturated carbocycles. The molecule has 2 N–H and O–H groups in total. The van der Waals surface area contributed by atoms with E-state index in [1.165, 1.54) is 5.69 Å².